The summed E-state index contributed by atoms with van der Waals surface area (Å²) in [5, 5.41) is 11.4. The number of likely N-dealkylation sites (N-methyl/N-ethyl adjacent to an activating group) is 1. The zero-order valence-electron chi connectivity index (χ0n) is 10.9. The number of hydrogen-bond donors (Lipinski definition) is 2. The molecule has 4 heteroatoms. The Kier molecular flexibility index (Phi) is 3.13. The van der Waals surface area contributed by atoms with Gasteiger partial charge in [0.25, 0.3) is 5.56 Å². The van der Waals surface area contributed by atoms with Gasteiger partial charge in [0.2, 0.25) is 0 Å². The number of hydrogen-bond acceptors (Lipinski definition) is 3. The number of aromatic nitrogens is 1. The monoisotopic (exact) mass is 246 g/mol. The fraction of sp³-hybridized carbons (Fsp3) is 0.357. The molecule has 1 aromatic heterocycles. The van der Waals surface area contributed by atoms with Crippen molar-refractivity contribution in [1.29, 1.82) is 0 Å². The molecular formula is C14H18N2O2. The van der Waals surface area contributed by atoms with Crippen LogP contribution in [0.3, 0.4) is 0 Å². The summed E-state index contributed by atoms with van der Waals surface area (Å²) in [5.41, 5.74) is -0.914. The average molecular weight is 246 g/mol. The Labute approximate surface area is 106 Å². The van der Waals surface area contributed by atoms with Crippen LogP contribution in [-0.2, 0) is 0 Å². The Morgan fingerprint density at radius 3 is 2.67 bits per heavy atom. The van der Waals surface area contributed by atoms with Crippen molar-refractivity contribution in [2.45, 2.75) is 19.4 Å². The normalized spacial score (nSPS) is 11.8. The number of benzene rings is 1. The molecule has 2 rings (SSSR count). The van der Waals surface area contributed by atoms with Gasteiger partial charge in [0.15, 0.2) is 0 Å². The van der Waals surface area contributed by atoms with E-state index in [9.17, 15) is 9.90 Å². The Bertz CT molecular complexity index is 611. The summed E-state index contributed by atoms with van der Waals surface area (Å²) >= 11 is 0. The molecule has 2 aromatic rings. The fourth-order valence-corrected chi connectivity index (χ4v) is 2.07. The van der Waals surface area contributed by atoms with Gasteiger partial charge >= 0.3 is 0 Å². The van der Waals surface area contributed by atoms with Gasteiger partial charge in [0, 0.05) is 19.0 Å². The lowest BCUT2D eigenvalue weighted by Crippen LogP contribution is -2.37. The van der Waals surface area contributed by atoms with Crippen molar-refractivity contribution in [2.75, 3.05) is 18.5 Å². The smallest absolute Gasteiger partial charge is 0.257 e. The molecule has 18 heavy (non-hydrogen) atoms. The van der Waals surface area contributed by atoms with Gasteiger partial charge in [-0.1, -0.05) is 18.2 Å². The lowest BCUT2D eigenvalue weighted by molar-refractivity contribution is 0.0884. The highest BCUT2D eigenvalue weighted by Crippen LogP contribution is 2.17. The van der Waals surface area contributed by atoms with Gasteiger partial charge in [0.05, 0.1) is 5.60 Å². The maximum Gasteiger partial charge on any atom is 0.257 e. The van der Waals surface area contributed by atoms with E-state index in [1.54, 1.807) is 19.9 Å². The lowest BCUT2D eigenvalue weighted by Gasteiger charge is -2.26. The number of aliphatic hydroxyl groups is 1. The Hall–Kier alpha value is -1.81. The number of anilines is 1. The minimum atomic E-state index is -0.808. The Morgan fingerprint density at radius 1 is 1.33 bits per heavy atom. The molecule has 0 radical (unpaired) electrons. The van der Waals surface area contributed by atoms with E-state index in [1.807, 2.05) is 36.2 Å². The van der Waals surface area contributed by atoms with E-state index in [-0.39, 0.29) is 5.56 Å². The second-order valence-corrected chi connectivity index (χ2v) is 5.24. The van der Waals surface area contributed by atoms with Gasteiger partial charge in [-0.15, -0.1) is 0 Å². The van der Waals surface area contributed by atoms with Gasteiger partial charge in [-0.05, 0) is 31.4 Å². The van der Waals surface area contributed by atoms with E-state index in [1.165, 1.54) is 0 Å². The van der Waals surface area contributed by atoms with Crippen molar-refractivity contribution in [3.63, 3.8) is 0 Å². The molecule has 4 nitrogen and oxygen atoms in total. The first-order valence-corrected chi connectivity index (χ1v) is 5.92. The number of H-pyrrole nitrogens is 1. The van der Waals surface area contributed by atoms with Crippen LogP contribution in [0.4, 0.5) is 5.82 Å². The van der Waals surface area contributed by atoms with Crippen LogP contribution in [0.2, 0.25) is 0 Å². The summed E-state index contributed by atoms with van der Waals surface area (Å²) in [6.45, 7) is 3.92. The summed E-state index contributed by atoms with van der Waals surface area (Å²) in [5.74, 6) is 0.709. The van der Waals surface area contributed by atoms with Crippen LogP contribution in [0.5, 0.6) is 0 Å². The van der Waals surface area contributed by atoms with Gasteiger partial charge in [-0.3, -0.25) is 4.79 Å². The van der Waals surface area contributed by atoms with Crippen molar-refractivity contribution in [3.05, 3.63) is 40.7 Å². The zero-order valence-corrected chi connectivity index (χ0v) is 10.9. The number of pyridine rings is 1. The molecule has 0 saturated heterocycles. The highest BCUT2D eigenvalue weighted by Gasteiger charge is 2.16. The second-order valence-electron chi connectivity index (χ2n) is 5.24. The molecule has 0 aliphatic heterocycles. The van der Waals surface area contributed by atoms with Crippen molar-refractivity contribution >= 4 is 16.6 Å². The molecule has 0 spiro atoms. The zero-order chi connectivity index (χ0) is 13.3. The topological polar surface area (TPSA) is 56.3 Å². The molecular weight excluding hydrogens is 228 g/mol. The van der Waals surface area contributed by atoms with Crippen molar-refractivity contribution in [3.8, 4) is 0 Å². The van der Waals surface area contributed by atoms with Crippen LogP contribution in [0.25, 0.3) is 10.8 Å². The number of fused-ring (bicyclic) bond motifs is 1. The Balaban J connectivity index is 2.44. The maximum atomic E-state index is 11.9. The van der Waals surface area contributed by atoms with Crippen LogP contribution < -0.4 is 10.5 Å². The van der Waals surface area contributed by atoms with E-state index in [0.29, 0.717) is 17.7 Å². The first-order valence-electron chi connectivity index (χ1n) is 5.92. The third kappa shape index (κ3) is 2.71. The largest absolute Gasteiger partial charge is 0.389 e. The molecule has 0 aliphatic rings. The van der Waals surface area contributed by atoms with Crippen LogP contribution in [-0.4, -0.2) is 29.3 Å². The van der Waals surface area contributed by atoms with Crippen molar-refractivity contribution < 1.29 is 5.11 Å². The number of rotatable bonds is 3. The van der Waals surface area contributed by atoms with Crippen molar-refractivity contribution in [2.24, 2.45) is 0 Å². The van der Waals surface area contributed by atoms with E-state index >= 15 is 0 Å². The van der Waals surface area contributed by atoms with Gasteiger partial charge in [-0.2, -0.15) is 0 Å². The lowest BCUT2D eigenvalue weighted by atomic mass is 10.1. The van der Waals surface area contributed by atoms with Gasteiger partial charge < -0.3 is 15.0 Å². The molecule has 96 valence electrons. The predicted octanol–water partition coefficient (Wildman–Crippen LogP) is 1.74. The van der Waals surface area contributed by atoms with Crippen LogP contribution in [0, 0.1) is 0 Å². The van der Waals surface area contributed by atoms with Crippen LogP contribution in [0.1, 0.15) is 13.8 Å². The number of nitrogens with zero attached hydrogens (tertiary/aromatic N) is 1. The number of nitrogens with one attached hydrogen (secondary N) is 1. The minimum Gasteiger partial charge on any atom is -0.389 e. The fourth-order valence-electron chi connectivity index (χ4n) is 2.07. The first-order chi connectivity index (χ1) is 8.37. The number of aromatic amines is 1. The summed E-state index contributed by atoms with van der Waals surface area (Å²) < 4.78 is 0. The summed E-state index contributed by atoms with van der Waals surface area (Å²) in [6, 6.07) is 9.38. The van der Waals surface area contributed by atoms with Crippen molar-refractivity contribution in [1.82, 2.24) is 4.98 Å². The third-order valence-corrected chi connectivity index (χ3v) is 2.77. The maximum absolute atomic E-state index is 11.9. The molecule has 1 aromatic carbocycles. The molecule has 0 bridgehead atoms. The second kappa shape index (κ2) is 4.46. The quantitative estimate of drug-likeness (QED) is 0.867. The SMILES string of the molecule is CN(CC(C)(C)O)c1cc2ccccc2c(=O)[nH]1. The van der Waals surface area contributed by atoms with E-state index in [2.05, 4.69) is 4.98 Å². The average Bonchev–Trinajstić information content (AvgIpc) is 2.26. The van der Waals surface area contributed by atoms with Gasteiger partial charge in [-0.25, -0.2) is 0 Å². The first kappa shape index (κ1) is 12.6. The molecule has 0 fully saturated rings. The molecule has 0 aliphatic carbocycles. The molecule has 0 amide bonds. The van der Waals surface area contributed by atoms with E-state index in [0.717, 1.165) is 5.39 Å². The third-order valence-electron chi connectivity index (χ3n) is 2.77. The highest BCUT2D eigenvalue weighted by molar-refractivity contribution is 5.83. The standard InChI is InChI=1S/C14H18N2O2/c1-14(2,18)9-16(3)12-8-10-6-4-5-7-11(10)13(17)15-12/h4-8,18H,9H2,1-3H3,(H,15,17). The molecule has 0 unspecified atom stereocenters. The van der Waals surface area contributed by atoms with E-state index in [4.69, 9.17) is 0 Å². The summed E-state index contributed by atoms with van der Waals surface area (Å²) in [7, 11) is 1.85. The van der Waals surface area contributed by atoms with Gasteiger partial charge in [0.1, 0.15) is 5.82 Å². The van der Waals surface area contributed by atoms with Crippen LogP contribution in [0.15, 0.2) is 35.1 Å². The minimum absolute atomic E-state index is 0.106. The molecule has 0 saturated carbocycles. The van der Waals surface area contributed by atoms with E-state index < -0.39 is 5.60 Å². The highest BCUT2D eigenvalue weighted by atomic mass is 16.3. The molecule has 1 heterocycles. The molecule has 0 atom stereocenters. The predicted molar refractivity (Wildman–Crippen MR) is 74.1 cm³/mol. The summed E-state index contributed by atoms with van der Waals surface area (Å²) in [6.07, 6.45) is 0. The van der Waals surface area contributed by atoms with Crippen LogP contribution >= 0.6 is 0 Å². The summed E-state index contributed by atoms with van der Waals surface area (Å²) in [4.78, 5) is 16.6. The molecule has 2 N–H and O–H groups in total. The Morgan fingerprint density at radius 2 is 2.00 bits per heavy atom.